The molecule has 0 saturated carbocycles. The first-order chi connectivity index (χ1) is 6.05. The third kappa shape index (κ3) is 2.86. The minimum absolute atomic E-state index is 0.322. The number of halogens is 1. The van der Waals surface area contributed by atoms with Crippen molar-refractivity contribution < 1.29 is 8.42 Å². The Morgan fingerprint density at radius 3 is 2.85 bits per heavy atom. The van der Waals surface area contributed by atoms with E-state index in [9.17, 15) is 8.42 Å². The Labute approximate surface area is 82.0 Å². The molecule has 0 bridgehead atoms. The van der Waals surface area contributed by atoms with Gasteiger partial charge in [0, 0.05) is 6.20 Å². The third-order valence-corrected chi connectivity index (χ3v) is 3.06. The predicted molar refractivity (Wildman–Crippen MR) is 52.2 cm³/mol. The van der Waals surface area contributed by atoms with Gasteiger partial charge >= 0.3 is 0 Å². The lowest BCUT2D eigenvalue weighted by Gasteiger charge is -2.05. The number of hydrogen-bond acceptors (Lipinski definition) is 3. The molecule has 0 radical (unpaired) electrons. The summed E-state index contributed by atoms with van der Waals surface area (Å²) in [6, 6.07) is 3.49. The molecule has 0 spiro atoms. The summed E-state index contributed by atoms with van der Waals surface area (Å²) in [5.41, 5.74) is 0.760. The molecule has 1 N–H and O–H groups in total. The van der Waals surface area contributed by atoms with Crippen LogP contribution in [-0.2, 0) is 10.0 Å². The Morgan fingerprint density at radius 2 is 2.31 bits per heavy atom. The summed E-state index contributed by atoms with van der Waals surface area (Å²) < 4.78 is 24.3. The van der Waals surface area contributed by atoms with Crippen molar-refractivity contribution in [3.63, 3.8) is 0 Å². The normalized spacial score (nSPS) is 11.2. The molecule has 1 heterocycles. The number of rotatable bonds is 3. The van der Waals surface area contributed by atoms with Crippen molar-refractivity contribution in [1.82, 2.24) is 4.98 Å². The second-order valence-corrected chi connectivity index (χ2v) is 4.80. The van der Waals surface area contributed by atoms with Crippen molar-refractivity contribution in [2.24, 2.45) is 0 Å². The molecule has 0 aliphatic carbocycles. The van der Waals surface area contributed by atoms with Gasteiger partial charge in [0.15, 0.2) is 0 Å². The monoisotopic (exact) mass is 220 g/mol. The zero-order valence-electron chi connectivity index (χ0n) is 6.99. The van der Waals surface area contributed by atoms with Crippen LogP contribution in [0.4, 0.5) is 5.82 Å². The van der Waals surface area contributed by atoms with Gasteiger partial charge in [-0.1, -0.05) is 6.07 Å². The zero-order valence-corrected chi connectivity index (χ0v) is 8.56. The van der Waals surface area contributed by atoms with Crippen LogP contribution in [0.3, 0.4) is 0 Å². The van der Waals surface area contributed by atoms with Crippen LogP contribution < -0.4 is 4.72 Å². The number of hydrogen-bond donors (Lipinski definition) is 1. The smallest absolute Gasteiger partial charge is 0.247 e. The molecule has 1 aromatic rings. The molecule has 1 rings (SSSR count). The number of aryl methyl sites for hydroxylation is 1. The van der Waals surface area contributed by atoms with Crippen LogP contribution in [0.5, 0.6) is 0 Å². The second kappa shape index (κ2) is 3.93. The highest BCUT2D eigenvalue weighted by Gasteiger charge is 2.09. The molecule has 0 aliphatic rings. The van der Waals surface area contributed by atoms with Gasteiger partial charge in [0.2, 0.25) is 10.0 Å². The highest BCUT2D eigenvalue weighted by Crippen LogP contribution is 2.11. The fraction of sp³-hybridized carbons (Fsp3) is 0.286. The molecule has 72 valence electrons. The molecule has 0 saturated heterocycles. The molecule has 6 heteroatoms. The van der Waals surface area contributed by atoms with E-state index in [1.807, 2.05) is 0 Å². The van der Waals surface area contributed by atoms with E-state index in [0.29, 0.717) is 5.82 Å². The van der Waals surface area contributed by atoms with E-state index in [1.165, 1.54) is 6.20 Å². The topological polar surface area (TPSA) is 59.1 Å². The number of sulfonamides is 1. The summed E-state index contributed by atoms with van der Waals surface area (Å²) in [5, 5.41) is -0.469. The Balaban J connectivity index is 2.93. The van der Waals surface area contributed by atoms with E-state index in [4.69, 9.17) is 11.6 Å². The van der Waals surface area contributed by atoms with Crippen LogP contribution in [0.1, 0.15) is 5.56 Å². The maximum atomic E-state index is 11.0. The van der Waals surface area contributed by atoms with Gasteiger partial charge in [0.25, 0.3) is 0 Å². The standard InChI is InChI=1S/C7H9ClN2O2S/c1-6-3-2-4-9-7(6)10-13(11,12)5-8/h2-4H,5H2,1H3,(H,9,10). The number of anilines is 1. The van der Waals surface area contributed by atoms with Crippen LogP contribution in [0.2, 0.25) is 0 Å². The van der Waals surface area contributed by atoms with Gasteiger partial charge in [-0.25, -0.2) is 13.4 Å². The highest BCUT2D eigenvalue weighted by molar-refractivity contribution is 7.93. The number of pyridine rings is 1. The van der Waals surface area contributed by atoms with Crippen LogP contribution >= 0.6 is 11.6 Å². The second-order valence-electron chi connectivity index (χ2n) is 2.49. The Hall–Kier alpha value is -0.810. The van der Waals surface area contributed by atoms with Crippen molar-refractivity contribution in [2.75, 3.05) is 9.93 Å². The van der Waals surface area contributed by atoms with Crippen molar-refractivity contribution in [3.8, 4) is 0 Å². The number of aromatic nitrogens is 1. The van der Waals surface area contributed by atoms with Crippen molar-refractivity contribution >= 4 is 27.4 Å². The fourth-order valence-electron chi connectivity index (χ4n) is 0.767. The first kappa shape index (κ1) is 10.3. The summed E-state index contributed by atoms with van der Waals surface area (Å²) in [4.78, 5) is 3.86. The predicted octanol–water partition coefficient (Wildman–Crippen LogP) is 1.33. The van der Waals surface area contributed by atoms with E-state index in [-0.39, 0.29) is 0 Å². The van der Waals surface area contributed by atoms with Crippen LogP contribution in [0.25, 0.3) is 0 Å². The molecular formula is C7H9ClN2O2S. The van der Waals surface area contributed by atoms with E-state index >= 15 is 0 Å². The molecule has 1 aromatic heterocycles. The quantitative estimate of drug-likeness (QED) is 0.782. The number of nitrogens with zero attached hydrogens (tertiary/aromatic N) is 1. The highest BCUT2D eigenvalue weighted by atomic mass is 35.5. The number of nitrogens with one attached hydrogen (secondary N) is 1. The average Bonchev–Trinajstić information content (AvgIpc) is 2.09. The fourth-order valence-corrected chi connectivity index (χ4v) is 1.49. The molecule has 4 nitrogen and oxygen atoms in total. The van der Waals surface area contributed by atoms with Crippen LogP contribution in [-0.4, -0.2) is 18.6 Å². The lowest BCUT2D eigenvalue weighted by molar-refractivity contribution is 0.605. The van der Waals surface area contributed by atoms with Crippen LogP contribution in [0.15, 0.2) is 18.3 Å². The molecule has 0 unspecified atom stereocenters. The minimum atomic E-state index is -3.44. The molecule has 13 heavy (non-hydrogen) atoms. The Kier molecular flexibility index (Phi) is 3.11. The van der Waals surface area contributed by atoms with E-state index in [2.05, 4.69) is 9.71 Å². The number of alkyl halides is 1. The van der Waals surface area contributed by atoms with Gasteiger partial charge < -0.3 is 0 Å². The SMILES string of the molecule is Cc1cccnc1NS(=O)(=O)CCl. The lowest BCUT2D eigenvalue weighted by atomic mass is 10.3. The van der Waals surface area contributed by atoms with Crippen molar-refractivity contribution in [1.29, 1.82) is 0 Å². The van der Waals surface area contributed by atoms with Crippen molar-refractivity contribution in [3.05, 3.63) is 23.9 Å². The third-order valence-electron chi connectivity index (χ3n) is 1.41. The van der Waals surface area contributed by atoms with Gasteiger partial charge in [0.05, 0.1) is 0 Å². The Morgan fingerprint density at radius 1 is 1.62 bits per heavy atom. The van der Waals surface area contributed by atoms with Gasteiger partial charge in [-0.15, -0.1) is 11.6 Å². The first-order valence-electron chi connectivity index (χ1n) is 3.53. The van der Waals surface area contributed by atoms with E-state index < -0.39 is 15.2 Å². The van der Waals surface area contributed by atoms with E-state index in [1.54, 1.807) is 19.1 Å². The zero-order chi connectivity index (χ0) is 9.90. The summed E-state index contributed by atoms with van der Waals surface area (Å²) in [5.74, 6) is 0.322. The van der Waals surface area contributed by atoms with E-state index in [0.717, 1.165) is 5.56 Å². The summed E-state index contributed by atoms with van der Waals surface area (Å²) in [7, 11) is -3.44. The first-order valence-corrected chi connectivity index (χ1v) is 5.72. The summed E-state index contributed by atoms with van der Waals surface area (Å²) in [6.07, 6.45) is 1.51. The average molecular weight is 221 g/mol. The van der Waals surface area contributed by atoms with Gasteiger partial charge in [-0.2, -0.15) is 0 Å². The summed E-state index contributed by atoms with van der Waals surface area (Å²) in [6.45, 7) is 1.76. The molecule has 0 fully saturated rings. The van der Waals surface area contributed by atoms with Crippen LogP contribution in [0, 0.1) is 6.92 Å². The Bertz CT molecular complexity index is 391. The molecule has 0 amide bonds. The molecule has 0 aliphatic heterocycles. The molecule has 0 aromatic carbocycles. The molecule has 0 atom stereocenters. The maximum absolute atomic E-state index is 11.0. The summed E-state index contributed by atoms with van der Waals surface area (Å²) >= 11 is 5.22. The van der Waals surface area contributed by atoms with Gasteiger partial charge in [-0.3, -0.25) is 4.72 Å². The van der Waals surface area contributed by atoms with Crippen molar-refractivity contribution in [2.45, 2.75) is 6.92 Å². The largest absolute Gasteiger partial charge is 0.266 e. The minimum Gasteiger partial charge on any atom is -0.266 e. The molecular weight excluding hydrogens is 212 g/mol. The van der Waals surface area contributed by atoms with Gasteiger partial charge in [0.1, 0.15) is 11.0 Å². The maximum Gasteiger partial charge on any atom is 0.247 e. The van der Waals surface area contributed by atoms with Gasteiger partial charge in [-0.05, 0) is 18.6 Å². The lowest BCUT2D eigenvalue weighted by Crippen LogP contribution is -2.15.